The zero-order valence-electron chi connectivity index (χ0n) is 14.7. The Morgan fingerprint density at radius 1 is 1.12 bits per heavy atom. The molecule has 1 aromatic heterocycles. The van der Waals surface area contributed by atoms with Crippen LogP contribution < -0.4 is 4.74 Å². The van der Waals surface area contributed by atoms with Gasteiger partial charge in [0.15, 0.2) is 0 Å². The van der Waals surface area contributed by atoms with E-state index < -0.39 is 0 Å². The zero-order chi connectivity index (χ0) is 17.1. The van der Waals surface area contributed by atoms with E-state index in [0.717, 1.165) is 22.6 Å². The highest BCUT2D eigenvalue weighted by molar-refractivity contribution is 5.75. The van der Waals surface area contributed by atoms with Crippen LogP contribution in [-0.4, -0.2) is 16.7 Å². The summed E-state index contributed by atoms with van der Waals surface area (Å²) in [7, 11) is 1.69. The number of methoxy groups -OCH3 is 1. The minimum absolute atomic E-state index is 0.415. The van der Waals surface area contributed by atoms with Crippen molar-refractivity contribution in [2.75, 3.05) is 7.11 Å². The molecule has 0 saturated heterocycles. The van der Waals surface area contributed by atoms with Gasteiger partial charge in [0.2, 0.25) is 0 Å². The van der Waals surface area contributed by atoms with E-state index in [1.807, 2.05) is 18.2 Å². The van der Waals surface area contributed by atoms with Crippen molar-refractivity contribution in [1.82, 2.24) is 9.55 Å². The molecule has 3 rings (SSSR count). The highest BCUT2D eigenvalue weighted by Gasteiger charge is 2.13. The Morgan fingerprint density at radius 3 is 2.67 bits per heavy atom. The van der Waals surface area contributed by atoms with Gasteiger partial charge in [-0.3, -0.25) is 0 Å². The summed E-state index contributed by atoms with van der Waals surface area (Å²) in [4.78, 5) is 4.70. The summed E-state index contributed by atoms with van der Waals surface area (Å²) in [5.74, 6) is 2.22. The van der Waals surface area contributed by atoms with Gasteiger partial charge in [0, 0.05) is 7.11 Å². The van der Waals surface area contributed by atoms with Gasteiger partial charge in [-0.2, -0.15) is 0 Å². The maximum absolute atomic E-state index is 6.14. The van der Waals surface area contributed by atoms with Crippen molar-refractivity contribution in [3.8, 4) is 5.75 Å². The normalized spacial score (nSPS) is 11.4. The second-order valence-electron chi connectivity index (χ2n) is 6.35. The Hall–Kier alpha value is -2.33. The lowest BCUT2D eigenvalue weighted by Gasteiger charge is -2.15. The molecule has 0 aliphatic rings. The van der Waals surface area contributed by atoms with Gasteiger partial charge in [-0.15, -0.1) is 0 Å². The Labute approximate surface area is 143 Å². The molecule has 0 unspecified atom stereocenters. The van der Waals surface area contributed by atoms with Crippen molar-refractivity contribution >= 4 is 11.0 Å². The third-order valence-electron chi connectivity index (χ3n) is 4.14. The van der Waals surface area contributed by atoms with E-state index in [1.165, 1.54) is 11.1 Å². The Bertz CT molecular complexity index is 837. The first-order chi connectivity index (χ1) is 11.6. The van der Waals surface area contributed by atoms with Crippen molar-refractivity contribution in [2.24, 2.45) is 0 Å². The largest absolute Gasteiger partial charge is 0.485 e. The van der Waals surface area contributed by atoms with Crippen molar-refractivity contribution in [2.45, 2.75) is 40.0 Å². The van der Waals surface area contributed by atoms with E-state index in [0.29, 0.717) is 19.3 Å². The maximum Gasteiger partial charge on any atom is 0.149 e. The average Bonchev–Trinajstić information content (AvgIpc) is 2.91. The van der Waals surface area contributed by atoms with Crippen LogP contribution in [0.15, 0.2) is 42.5 Å². The third-order valence-corrected chi connectivity index (χ3v) is 4.14. The summed E-state index contributed by atoms with van der Waals surface area (Å²) in [6, 6.07) is 14.4. The first kappa shape index (κ1) is 16.5. The van der Waals surface area contributed by atoms with E-state index in [4.69, 9.17) is 14.5 Å². The molecule has 0 amide bonds. The van der Waals surface area contributed by atoms with Gasteiger partial charge in [-0.1, -0.05) is 38.1 Å². The molecule has 0 spiro atoms. The number of fused-ring (bicyclic) bond motifs is 1. The molecule has 2 aromatic carbocycles. The molecule has 4 nitrogen and oxygen atoms in total. The number of hydrogen-bond donors (Lipinski definition) is 0. The molecule has 3 aromatic rings. The first-order valence-corrected chi connectivity index (χ1v) is 8.26. The molecular formula is C20H24N2O2. The summed E-state index contributed by atoms with van der Waals surface area (Å²) >= 11 is 0. The molecule has 0 radical (unpaired) electrons. The van der Waals surface area contributed by atoms with Crippen LogP contribution in [0.2, 0.25) is 0 Å². The quantitative estimate of drug-likeness (QED) is 0.662. The molecule has 0 bridgehead atoms. The molecular weight excluding hydrogens is 300 g/mol. The van der Waals surface area contributed by atoms with Crippen LogP contribution in [0.3, 0.4) is 0 Å². The molecule has 126 valence electrons. The molecule has 0 saturated carbocycles. The van der Waals surface area contributed by atoms with E-state index in [9.17, 15) is 0 Å². The van der Waals surface area contributed by atoms with Gasteiger partial charge in [0.25, 0.3) is 0 Å². The van der Waals surface area contributed by atoms with Gasteiger partial charge in [-0.05, 0) is 42.2 Å². The smallest absolute Gasteiger partial charge is 0.149 e. The van der Waals surface area contributed by atoms with Crippen LogP contribution in [0.5, 0.6) is 5.75 Å². The molecule has 1 heterocycles. The lowest BCUT2D eigenvalue weighted by molar-refractivity contribution is 0.127. The Balaban J connectivity index is 1.91. The van der Waals surface area contributed by atoms with Crippen molar-refractivity contribution in [3.63, 3.8) is 0 Å². The minimum Gasteiger partial charge on any atom is -0.485 e. The highest BCUT2D eigenvalue weighted by Crippen LogP contribution is 2.28. The second kappa shape index (κ2) is 7.05. The molecule has 0 fully saturated rings. The molecule has 0 atom stereocenters. The van der Waals surface area contributed by atoms with Crippen LogP contribution in [-0.2, 0) is 18.1 Å². The monoisotopic (exact) mass is 324 g/mol. The van der Waals surface area contributed by atoms with E-state index >= 15 is 0 Å². The maximum atomic E-state index is 6.14. The van der Waals surface area contributed by atoms with E-state index in [2.05, 4.69) is 49.6 Å². The molecule has 0 aliphatic heterocycles. The molecule has 4 heteroatoms. The van der Waals surface area contributed by atoms with Crippen LogP contribution in [0.1, 0.15) is 36.7 Å². The molecule has 0 aliphatic carbocycles. The van der Waals surface area contributed by atoms with E-state index in [1.54, 1.807) is 7.11 Å². The number of rotatable bonds is 6. The minimum atomic E-state index is 0.415. The number of hydrogen-bond acceptors (Lipinski definition) is 3. The van der Waals surface area contributed by atoms with Gasteiger partial charge in [0.1, 0.15) is 24.9 Å². The highest BCUT2D eigenvalue weighted by atomic mass is 16.5. The summed E-state index contributed by atoms with van der Waals surface area (Å²) in [5, 5.41) is 0. The average molecular weight is 324 g/mol. The topological polar surface area (TPSA) is 36.3 Å². The van der Waals surface area contributed by atoms with Gasteiger partial charge in [-0.25, -0.2) is 4.98 Å². The summed E-state index contributed by atoms with van der Waals surface area (Å²) in [6.45, 7) is 7.32. The second-order valence-corrected chi connectivity index (χ2v) is 6.35. The first-order valence-electron chi connectivity index (χ1n) is 8.26. The molecule has 24 heavy (non-hydrogen) atoms. The van der Waals surface area contributed by atoms with Crippen molar-refractivity contribution in [1.29, 1.82) is 0 Å². The lowest BCUT2D eigenvalue weighted by Crippen LogP contribution is -2.09. The molecule has 0 N–H and O–H groups in total. The SMILES string of the molecule is COCn1c(COc2cc(C)ccc2C(C)C)nc2ccccc21. The van der Waals surface area contributed by atoms with Crippen molar-refractivity contribution < 1.29 is 9.47 Å². The Kier molecular flexibility index (Phi) is 4.86. The van der Waals surface area contributed by atoms with Crippen molar-refractivity contribution in [3.05, 3.63) is 59.4 Å². The fourth-order valence-electron chi connectivity index (χ4n) is 2.89. The number of aryl methyl sites for hydroxylation is 1. The summed E-state index contributed by atoms with van der Waals surface area (Å²) < 4.78 is 13.5. The summed E-state index contributed by atoms with van der Waals surface area (Å²) in [6.07, 6.45) is 0. The number of ether oxygens (including phenoxy) is 2. The van der Waals surface area contributed by atoms with E-state index in [-0.39, 0.29) is 0 Å². The Morgan fingerprint density at radius 2 is 1.92 bits per heavy atom. The lowest BCUT2D eigenvalue weighted by atomic mass is 10.0. The third kappa shape index (κ3) is 3.29. The van der Waals surface area contributed by atoms with Crippen LogP contribution in [0.25, 0.3) is 11.0 Å². The van der Waals surface area contributed by atoms with Crippen LogP contribution in [0.4, 0.5) is 0 Å². The fourth-order valence-corrected chi connectivity index (χ4v) is 2.89. The standard InChI is InChI=1S/C20H24N2O2/c1-14(2)16-10-9-15(3)11-19(16)24-12-20-21-17-7-5-6-8-18(17)22(20)13-23-4/h5-11,14H,12-13H2,1-4H3. The number of aromatic nitrogens is 2. The van der Waals surface area contributed by atoms with Gasteiger partial charge >= 0.3 is 0 Å². The number of para-hydroxylation sites is 2. The van der Waals surface area contributed by atoms with Gasteiger partial charge in [0.05, 0.1) is 11.0 Å². The predicted molar refractivity (Wildman–Crippen MR) is 96.3 cm³/mol. The number of imidazole rings is 1. The number of nitrogens with zero attached hydrogens (tertiary/aromatic N) is 2. The number of benzene rings is 2. The predicted octanol–water partition coefficient (Wildman–Crippen LogP) is 4.65. The van der Waals surface area contributed by atoms with Crippen LogP contribution >= 0.6 is 0 Å². The van der Waals surface area contributed by atoms with Crippen LogP contribution in [0, 0.1) is 6.92 Å². The summed E-state index contributed by atoms with van der Waals surface area (Å²) in [5.41, 5.74) is 4.43. The zero-order valence-corrected chi connectivity index (χ0v) is 14.7. The fraction of sp³-hybridized carbons (Fsp3) is 0.350. The van der Waals surface area contributed by atoms with Gasteiger partial charge < -0.3 is 14.0 Å².